The molecule has 0 atom stereocenters. The summed E-state index contributed by atoms with van der Waals surface area (Å²) in [7, 11) is 2.12. The Morgan fingerprint density at radius 3 is 2.57 bits per heavy atom. The average Bonchev–Trinajstić information content (AvgIpc) is 2.58. The Kier molecular flexibility index (Phi) is 4.88. The Bertz CT molecular complexity index is 715. The Morgan fingerprint density at radius 1 is 1.13 bits per heavy atom. The van der Waals surface area contributed by atoms with Gasteiger partial charge in [-0.1, -0.05) is 42.5 Å². The zero-order valence-electron chi connectivity index (χ0n) is 13.4. The molecule has 0 aliphatic carbocycles. The molecular weight excluding hydrogens is 288 g/mol. The van der Waals surface area contributed by atoms with Gasteiger partial charge in [0.05, 0.1) is 18.4 Å². The van der Waals surface area contributed by atoms with Gasteiger partial charge in [-0.15, -0.1) is 0 Å². The molecule has 1 aromatic heterocycles. The number of nitrogens with zero attached hydrogens (tertiary/aromatic N) is 4. The molecule has 1 aliphatic rings. The van der Waals surface area contributed by atoms with Gasteiger partial charge in [-0.25, -0.2) is 4.68 Å². The molecule has 0 radical (unpaired) electrons. The molecular formula is C18H22N4O. The van der Waals surface area contributed by atoms with Crippen molar-refractivity contribution in [3.8, 4) is 0 Å². The number of aromatic nitrogens is 2. The van der Waals surface area contributed by atoms with E-state index in [4.69, 9.17) is 0 Å². The smallest absolute Gasteiger partial charge is 0.269 e. The quantitative estimate of drug-likeness (QED) is 0.862. The molecule has 0 saturated carbocycles. The first-order valence-corrected chi connectivity index (χ1v) is 7.94. The zero-order chi connectivity index (χ0) is 16.1. The standard InChI is InChI=1S/C18H22N4O/c1-20-10-12-21(13-11-20)17-14-18(23)22(19-15-17)9-5-8-16-6-3-2-4-7-16/h2-8,14-15H,9-13H2,1H3/b8-5+. The average molecular weight is 310 g/mol. The highest BCUT2D eigenvalue weighted by Crippen LogP contribution is 2.12. The molecule has 0 amide bonds. The predicted octanol–water partition coefficient (Wildman–Crippen LogP) is 1.71. The largest absolute Gasteiger partial charge is 0.368 e. The van der Waals surface area contributed by atoms with Gasteiger partial charge < -0.3 is 9.80 Å². The minimum atomic E-state index is -0.0564. The third-order valence-electron chi connectivity index (χ3n) is 4.11. The van der Waals surface area contributed by atoms with Crippen molar-refractivity contribution in [2.75, 3.05) is 38.1 Å². The summed E-state index contributed by atoms with van der Waals surface area (Å²) in [6.45, 7) is 4.40. The maximum absolute atomic E-state index is 12.2. The summed E-state index contributed by atoms with van der Waals surface area (Å²) in [5.74, 6) is 0. The number of hydrogen-bond donors (Lipinski definition) is 0. The Hall–Kier alpha value is -2.40. The maximum Gasteiger partial charge on any atom is 0.269 e. The van der Waals surface area contributed by atoms with Crippen molar-refractivity contribution in [3.05, 3.63) is 64.6 Å². The van der Waals surface area contributed by atoms with Crippen LogP contribution in [-0.2, 0) is 6.54 Å². The van der Waals surface area contributed by atoms with E-state index in [9.17, 15) is 4.79 Å². The van der Waals surface area contributed by atoms with Crippen LogP contribution < -0.4 is 10.5 Å². The Morgan fingerprint density at radius 2 is 1.87 bits per heavy atom. The van der Waals surface area contributed by atoms with Crippen LogP contribution in [0.3, 0.4) is 0 Å². The molecule has 1 aliphatic heterocycles. The first-order chi connectivity index (χ1) is 11.2. The van der Waals surface area contributed by atoms with Crippen LogP contribution in [0, 0.1) is 0 Å². The molecule has 5 heteroatoms. The highest BCUT2D eigenvalue weighted by Gasteiger charge is 2.15. The maximum atomic E-state index is 12.2. The summed E-state index contributed by atoms with van der Waals surface area (Å²) in [6.07, 6.45) is 5.75. The minimum Gasteiger partial charge on any atom is -0.368 e. The first-order valence-electron chi connectivity index (χ1n) is 7.94. The lowest BCUT2D eigenvalue weighted by Gasteiger charge is -2.33. The van der Waals surface area contributed by atoms with Gasteiger partial charge in [0.1, 0.15) is 0 Å². The van der Waals surface area contributed by atoms with Gasteiger partial charge in [0, 0.05) is 32.2 Å². The van der Waals surface area contributed by atoms with Crippen molar-refractivity contribution < 1.29 is 0 Å². The lowest BCUT2D eigenvalue weighted by Crippen LogP contribution is -2.45. The topological polar surface area (TPSA) is 41.4 Å². The van der Waals surface area contributed by atoms with Crippen LogP contribution in [0.5, 0.6) is 0 Å². The van der Waals surface area contributed by atoms with Crippen molar-refractivity contribution in [1.29, 1.82) is 0 Å². The number of likely N-dealkylation sites (N-methyl/N-ethyl adjacent to an activating group) is 1. The van der Waals surface area contributed by atoms with Crippen molar-refractivity contribution in [1.82, 2.24) is 14.7 Å². The number of piperazine rings is 1. The SMILES string of the molecule is CN1CCN(c2cnn(C/C=C/c3ccccc3)c(=O)c2)CC1. The third-order valence-corrected chi connectivity index (χ3v) is 4.11. The fourth-order valence-electron chi connectivity index (χ4n) is 2.65. The molecule has 1 saturated heterocycles. The van der Waals surface area contributed by atoms with E-state index < -0.39 is 0 Å². The molecule has 1 fully saturated rings. The summed E-state index contributed by atoms with van der Waals surface area (Å²) in [6, 6.07) is 11.7. The monoisotopic (exact) mass is 310 g/mol. The second-order valence-electron chi connectivity index (χ2n) is 5.84. The fourth-order valence-corrected chi connectivity index (χ4v) is 2.65. The molecule has 0 spiro atoms. The van der Waals surface area contributed by atoms with Gasteiger partial charge in [-0.05, 0) is 12.6 Å². The van der Waals surface area contributed by atoms with E-state index in [1.54, 1.807) is 12.3 Å². The van der Waals surface area contributed by atoms with E-state index >= 15 is 0 Å². The molecule has 2 aromatic rings. The highest BCUT2D eigenvalue weighted by molar-refractivity contribution is 5.48. The predicted molar refractivity (Wildman–Crippen MR) is 93.7 cm³/mol. The second-order valence-corrected chi connectivity index (χ2v) is 5.84. The van der Waals surface area contributed by atoms with E-state index in [-0.39, 0.29) is 5.56 Å². The van der Waals surface area contributed by atoms with Crippen LogP contribution in [0.15, 0.2) is 53.5 Å². The van der Waals surface area contributed by atoms with Crippen molar-refractivity contribution >= 4 is 11.8 Å². The van der Waals surface area contributed by atoms with Gasteiger partial charge in [0.15, 0.2) is 0 Å². The molecule has 3 rings (SSSR count). The molecule has 0 N–H and O–H groups in total. The van der Waals surface area contributed by atoms with Crippen molar-refractivity contribution in [2.24, 2.45) is 0 Å². The number of benzene rings is 1. The summed E-state index contributed by atoms with van der Waals surface area (Å²) >= 11 is 0. The summed E-state index contributed by atoms with van der Waals surface area (Å²) < 4.78 is 1.49. The second kappa shape index (κ2) is 7.24. The lowest BCUT2D eigenvalue weighted by atomic mass is 10.2. The summed E-state index contributed by atoms with van der Waals surface area (Å²) in [5.41, 5.74) is 1.99. The molecule has 0 unspecified atom stereocenters. The van der Waals surface area contributed by atoms with Gasteiger partial charge in [0.25, 0.3) is 5.56 Å². The zero-order valence-corrected chi connectivity index (χ0v) is 13.4. The number of rotatable bonds is 4. The van der Waals surface area contributed by atoms with Crippen LogP contribution in [-0.4, -0.2) is 47.9 Å². The van der Waals surface area contributed by atoms with E-state index in [1.165, 1.54) is 4.68 Å². The molecule has 2 heterocycles. The molecule has 120 valence electrons. The van der Waals surface area contributed by atoms with E-state index in [1.807, 2.05) is 42.5 Å². The summed E-state index contributed by atoms with van der Waals surface area (Å²) in [4.78, 5) is 16.7. The van der Waals surface area contributed by atoms with Crippen molar-refractivity contribution in [3.63, 3.8) is 0 Å². The lowest BCUT2D eigenvalue weighted by molar-refractivity contribution is 0.312. The normalized spacial score (nSPS) is 16.1. The van der Waals surface area contributed by atoms with Crippen molar-refractivity contribution in [2.45, 2.75) is 6.54 Å². The molecule has 0 bridgehead atoms. The molecule has 5 nitrogen and oxygen atoms in total. The van der Waals surface area contributed by atoms with Crippen LogP contribution in [0.25, 0.3) is 6.08 Å². The van der Waals surface area contributed by atoms with Crippen LogP contribution in [0.2, 0.25) is 0 Å². The van der Waals surface area contributed by atoms with Crippen LogP contribution in [0.1, 0.15) is 5.56 Å². The third kappa shape index (κ3) is 4.07. The van der Waals surface area contributed by atoms with E-state index in [0.717, 1.165) is 37.4 Å². The van der Waals surface area contributed by atoms with E-state index in [2.05, 4.69) is 21.9 Å². The van der Waals surface area contributed by atoms with Gasteiger partial charge in [-0.3, -0.25) is 4.79 Å². The highest BCUT2D eigenvalue weighted by atomic mass is 16.1. The summed E-state index contributed by atoms with van der Waals surface area (Å²) in [5, 5.41) is 4.30. The molecule has 23 heavy (non-hydrogen) atoms. The van der Waals surface area contributed by atoms with E-state index in [0.29, 0.717) is 6.54 Å². The van der Waals surface area contributed by atoms with Gasteiger partial charge >= 0.3 is 0 Å². The molecule has 1 aromatic carbocycles. The number of hydrogen-bond acceptors (Lipinski definition) is 4. The Balaban J connectivity index is 1.65. The fraction of sp³-hybridized carbons (Fsp3) is 0.333. The van der Waals surface area contributed by atoms with Gasteiger partial charge in [-0.2, -0.15) is 5.10 Å². The van der Waals surface area contributed by atoms with Gasteiger partial charge in [0.2, 0.25) is 0 Å². The van der Waals surface area contributed by atoms with Crippen LogP contribution in [0.4, 0.5) is 5.69 Å². The Labute approximate surface area is 136 Å². The van der Waals surface area contributed by atoms with Crippen LogP contribution >= 0.6 is 0 Å². The number of anilines is 1. The number of allylic oxidation sites excluding steroid dienone is 1. The minimum absolute atomic E-state index is 0.0564. The first kappa shape index (κ1) is 15.5.